The zero-order chi connectivity index (χ0) is 21.8. The van der Waals surface area contributed by atoms with E-state index in [-0.39, 0.29) is 12.5 Å². The van der Waals surface area contributed by atoms with E-state index in [1.54, 1.807) is 6.33 Å². The molecule has 1 aromatic carbocycles. The lowest BCUT2D eigenvalue weighted by atomic mass is 10.0. The molecule has 0 fully saturated rings. The molecule has 0 aliphatic rings. The van der Waals surface area contributed by atoms with Crippen molar-refractivity contribution in [1.82, 2.24) is 29.8 Å². The van der Waals surface area contributed by atoms with Gasteiger partial charge in [-0.3, -0.25) is 4.79 Å². The number of aryl methyl sites for hydroxylation is 1. The molecule has 3 aromatic heterocycles. The number of amides is 1. The average Bonchev–Trinajstić information content (AvgIpc) is 3.35. The fraction of sp³-hybridized carbons (Fsp3) is 0.286. The Morgan fingerprint density at radius 1 is 1.26 bits per heavy atom. The monoisotopic (exact) mass is 421 g/mol. The minimum absolute atomic E-state index is 0.197. The van der Waals surface area contributed by atoms with Crippen LogP contribution in [0.5, 0.6) is 0 Å². The first-order valence-corrected chi connectivity index (χ1v) is 9.93. The van der Waals surface area contributed by atoms with Gasteiger partial charge in [0.25, 0.3) is 0 Å². The average molecular weight is 421 g/mol. The van der Waals surface area contributed by atoms with Gasteiger partial charge in [-0.15, -0.1) is 0 Å². The zero-order valence-electron chi connectivity index (χ0n) is 17.0. The fourth-order valence-electron chi connectivity index (χ4n) is 3.53. The summed E-state index contributed by atoms with van der Waals surface area (Å²) in [6, 6.07) is 7.04. The Bertz CT molecular complexity index is 1230. The lowest BCUT2D eigenvalue weighted by molar-refractivity contribution is -0.147. The Morgan fingerprint density at radius 3 is 2.94 bits per heavy atom. The minimum atomic E-state index is -0.765. The van der Waals surface area contributed by atoms with Crippen molar-refractivity contribution < 1.29 is 14.3 Å². The molecule has 0 aliphatic carbocycles. The number of fused-ring (bicyclic) bond motifs is 2. The summed E-state index contributed by atoms with van der Waals surface area (Å²) < 4.78 is 7.28. The maximum Gasteiger partial charge on any atom is 0.328 e. The van der Waals surface area contributed by atoms with Crippen molar-refractivity contribution in [3.63, 3.8) is 0 Å². The van der Waals surface area contributed by atoms with Gasteiger partial charge in [0, 0.05) is 37.0 Å². The van der Waals surface area contributed by atoms with E-state index in [2.05, 4.69) is 25.3 Å². The van der Waals surface area contributed by atoms with Gasteiger partial charge in [0.15, 0.2) is 11.5 Å². The number of esters is 1. The zero-order valence-corrected chi connectivity index (χ0v) is 17.0. The van der Waals surface area contributed by atoms with Crippen LogP contribution in [0.3, 0.4) is 0 Å². The number of ether oxygens (including phenoxy) is 1. The van der Waals surface area contributed by atoms with Gasteiger partial charge in [0.2, 0.25) is 5.91 Å². The number of carbonyl (C=O) groups excluding carboxylic acids is 2. The van der Waals surface area contributed by atoms with Crippen molar-refractivity contribution >= 4 is 39.8 Å². The van der Waals surface area contributed by atoms with Gasteiger partial charge in [-0.2, -0.15) is 0 Å². The summed E-state index contributed by atoms with van der Waals surface area (Å²) >= 11 is 0. The predicted octanol–water partition coefficient (Wildman–Crippen LogP) is 1.57. The van der Waals surface area contributed by atoms with Crippen LogP contribution >= 0.6 is 0 Å². The van der Waals surface area contributed by atoms with Crippen LogP contribution in [-0.2, 0) is 27.3 Å². The van der Waals surface area contributed by atoms with E-state index >= 15 is 0 Å². The van der Waals surface area contributed by atoms with E-state index in [1.165, 1.54) is 13.3 Å². The van der Waals surface area contributed by atoms with Crippen molar-refractivity contribution in [2.24, 2.45) is 0 Å². The van der Waals surface area contributed by atoms with Crippen LogP contribution in [0.15, 0.2) is 43.1 Å². The third-order valence-corrected chi connectivity index (χ3v) is 4.98. The molecule has 0 saturated carbocycles. The van der Waals surface area contributed by atoms with Crippen molar-refractivity contribution in [2.45, 2.75) is 32.4 Å². The number of nitrogen functional groups attached to an aromatic ring is 1. The molecule has 0 spiro atoms. The number of nitrogens with two attached hydrogens (primary N) is 1. The molecule has 0 saturated heterocycles. The Balaban J connectivity index is 1.36. The molecule has 4 aromatic rings. The second kappa shape index (κ2) is 8.82. The van der Waals surface area contributed by atoms with Crippen LogP contribution < -0.4 is 11.1 Å². The van der Waals surface area contributed by atoms with E-state index in [0.29, 0.717) is 36.4 Å². The number of para-hydroxylation sites is 1. The number of hydrogen-bond acceptors (Lipinski definition) is 7. The van der Waals surface area contributed by atoms with Gasteiger partial charge in [-0.25, -0.2) is 19.7 Å². The third-order valence-electron chi connectivity index (χ3n) is 4.98. The molecule has 160 valence electrons. The minimum Gasteiger partial charge on any atom is -0.464 e. The summed E-state index contributed by atoms with van der Waals surface area (Å²) in [6.45, 7) is 2.13. The first kappa shape index (κ1) is 20.3. The lowest BCUT2D eigenvalue weighted by Crippen LogP contribution is -2.42. The van der Waals surface area contributed by atoms with Gasteiger partial charge in [0.1, 0.15) is 17.9 Å². The van der Waals surface area contributed by atoms with Crippen LogP contribution in [0.2, 0.25) is 0 Å². The number of H-pyrrole nitrogens is 1. The van der Waals surface area contributed by atoms with Crippen molar-refractivity contribution in [3.05, 3.63) is 48.7 Å². The Kier molecular flexibility index (Phi) is 5.78. The number of nitrogens with one attached hydrogen (secondary N) is 2. The maximum absolute atomic E-state index is 12.7. The molecule has 4 N–H and O–H groups in total. The summed E-state index contributed by atoms with van der Waals surface area (Å²) in [4.78, 5) is 39.8. The molecule has 1 atom stereocenters. The second-order valence-corrected chi connectivity index (χ2v) is 7.21. The highest BCUT2D eigenvalue weighted by Crippen LogP contribution is 2.19. The Hall–Kier alpha value is -3.95. The summed E-state index contributed by atoms with van der Waals surface area (Å²) in [7, 11) is 0. The number of aromatic nitrogens is 5. The van der Waals surface area contributed by atoms with Gasteiger partial charge in [-0.1, -0.05) is 18.2 Å². The molecular weight excluding hydrogens is 398 g/mol. The summed E-state index contributed by atoms with van der Waals surface area (Å²) in [5.41, 5.74) is 8.89. The molecular formula is C21H23N7O3. The molecule has 4 rings (SSSR count). The molecule has 10 heteroatoms. The van der Waals surface area contributed by atoms with E-state index in [1.807, 2.05) is 35.0 Å². The normalized spacial score (nSPS) is 12.2. The Morgan fingerprint density at radius 2 is 2.10 bits per heavy atom. The SMILES string of the molecule is CC(=O)N[C@@H](Cc1c[nH]c2ccccc12)C(=O)OCCCn1cnc2c(N)ncnc21. The number of rotatable bonds is 8. The van der Waals surface area contributed by atoms with Crippen LogP contribution in [-0.4, -0.2) is 49.0 Å². The molecule has 1 amide bonds. The number of benzene rings is 1. The maximum atomic E-state index is 12.7. The first-order chi connectivity index (χ1) is 15.0. The van der Waals surface area contributed by atoms with E-state index < -0.39 is 12.0 Å². The van der Waals surface area contributed by atoms with Gasteiger partial charge in [0.05, 0.1) is 12.9 Å². The largest absolute Gasteiger partial charge is 0.464 e. The Labute approximate surface area is 177 Å². The number of hydrogen-bond donors (Lipinski definition) is 3. The van der Waals surface area contributed by atoms with Gasteiger partial charge < -0.3 is 25.3 Å². The van der Waals surface area contributed by atoms with Crippen molar-refractivity contribution in [1.29, 1.82) is 0 Å². The quantitative estimate of drug-likeness (QED) is 0.290. The molecule has 31 heavy (non-hydrogen) atoms. The molecule has 0 unspecified atom stereocenters. The standard InChI is InChI=1S/C21H23N7O3/c1-13(29)27-17(9-14-10-23-16-6-3-2-5-15(14)16)21(30)31-8-4-7-28-12-26-18-19(22)24-11-25-20(18)28/h2-3,5-6,10-12,17,23H,4,7-9H2,1H3,(H,27,29)(H2,22,24,25)/t17-/m0/s1. The van der Waals surface area contributed by atoms with Crippen molar-refractivity contribution in [3.8, 4) is 0 Å². The molecule has 3 heterocycles. The van der Waals surface area contributed by atoms with E-state index in [4.69, 9.17) is 10.5 Å². The number of aromatic amines is 1. The smallest absolute Gasteiger partial charge is 0.328 e. The van der Waals surface area contributed by atoms with Crippen LogP contribution in [0.25, 0.3) is 22.1 Å². The number of carbonyl (C=O) groups is 2. The first-order valence-electron chi connectivity index (χ1n) is 9.93. The number of nitrogens with zero attached hydrogens (tertiary/aromatic N) is 4. The predicted molar refractivity (Wildman–Crippen MR) is 115 cm³/mol. The van der Waals surface area contributed by atoms with Crippen LogP contribution in [0.1, 0.15) is 18.9 Å². The summed E-state index contributed by atoms with van der Waals surface area (Å²) in [6.07, 6.45) is 5.77. The summed E-state index contributed by atoms with van der Waals surface area (Å²) in [5, 5.41) is 3.71. The highest BCUT2D eigenvalue weighted by molar-refractivity contribution is 5.86. The van der Waals surface area contributed by atoms with Crippen LogP contribution in [0.4, 0.5) is 5.82 Å². The second-order valence-electron chi connectivity index (χ2n) is 7.21. The lowest BCUT2D eigenvalue weighted by Gasteiger charge is -2.16. The molecule has 0 aliphatic heterocycles. The van der Waals surface area contributed by atoms with E-state index in [0.717, 1.165) is 16.5 Å². The van der Waals surface area contributed by atoms with Gasteiger partial charge >= 0.3 is 5.97 Å². The molecule has 10 nitrogen and oxygen atoms in total. The van der Waals surface area contributed by atoms with Crippen molar-refractivity contribution in [2.75, 3.05) is 12.3 Å². The number of imidazole rings is 1. The highest BCUT2D eigenvalue weighted by Gasteiger charge is 2.23. The molecule has 0 bridgehead atoms. The van der Waals surface area contributed by atoms with Crippen LogP contribution in [0, 0.1) is 0 Å². The topological polar surface area (TPSA) is 141 Å². The van der Waals surface area contributed by atoms with E-state index in [9.17, 15) is 9.59 Å². The highest BCUT2D eigenvalue weighted by atomic mass is 16.5. The molecule has 0 radical (unpaired) electrons. The number of anilines is 1. The summed E-state index contributed by atoms with van der Waals surface area (Å²) in [5.74, 6) is -0.433. The fourth-order valence-corrected chi connectivity index (χ4v) is 3.53. The van der Waals surface area contributed by atoms with Gasteiger partial charge in [-0.05, 0) is 18.1 Å². The third kappa shape index (κ3) is 4.47.